The average molecular weight is 303 g/mol. The first-order valence-electron chi connectivity index (χ1n) is 6.73. The second kappa shape index (κ2) is 5.79. The summed E-state index contributed by atoms with van der Waals surface area (Å²) in [5.41, 5.74) is 1.59. The van der Waals surface area contributed by atoms with E-state index >= 15 is 0 Å². The van der Waals surface area contributed by atoms with E-state index in [2.05, 4.69) is 20.2 Å². The monoisotopic (exact) mass is 303 g/mol. The number of hydrogen-bond donors (Lipinski definition) is 1. The lowest BCUT2D eigenvalue weighted by Crippen LogP contribution is -2.60. The van der Waals surface area contributed by atoms with Gasteiger partial charge in [0.1, 0.15) is 5.69 Å². The molecule has 3 heterocycles. The largest absolute Gasteiger partial charge is 0.323 e. The van der Waals surface area contributed by atoms with Crippen molar-refractivity contribution < 1.29 is 4.79 Å². The third-order valence-corrected chi connectivity index (χ3v) is 4.28. The number of anilines is 1. The highest BCUT2D eigenvalue weighted by Gasteiger charge is 2.32. The number of pyridine rings is 1. The molecule has 110 valence electrons. The number of thiazole rings is 1. The maximum Gasteiger partial charge on any atom is 0.323 e. The van der Waals surface area contributed by atoms with Gasteiger partial charge in [-0.15, -0.1) is 11.3 Å². The molecule has 1 saturated heterocycles. The van der Waals surface area contributed by atoms with Crippen LogP contribution in [-0.4, -0.2) is 59.0 Å². The highest BCUT2D eigenvalue weighted by molar-refractivity contribution is 7.14. The maximum atomic E-state index is 12.1. The average Bonchev–Trinajstić information content (AvgIpc) is 2.86. The molecule has 7 heteroatoms. The molecule has 0 saturated carbocycles. The number of carbonyl (C=O) groups excluding carboxylic acids is 1. The maximum absolute atomic E-state index is 12.1. The number of nitrogens with zero attached hydrogens (tertiary/aromatic N) is 4. The van der Waals surface area contributed by atoms with Gasteiger partial charge in [0.15, 0.2) is 5.13 Å². The Morgan fingerprint density at radius 3 is 2.86 bits per heavy atom. The fourth-order valence-corrected chi connectivity index (χ4v) is 2.78. The minimum Gasteiger partial charge on any atom is -0.321 e. The quantitative estimate of drug-likeness (QED) is 0.942. The van der Waals surface area contributed by atoms with Crippen LogP contribution in [0.3, 0.4) is 0 Å². The summed E-state index contributed by atoms with van der Waals surface area (Å²) in [7, 11) is 4.06. The molecule has 0 radical (unpaired) electrons. The Kier molecular flexibility index (Phi) is 3.85. The van der Waals surface area contributed by atoms with Crippen molar-refractivity contribution in [2.75, 3.05) is 32.5 Å². The lowest BCUT2D eigenvalue weighted by atomic mass is 10.1. The first-order chi connectivity index (χ1) is 10.1. The van der Waals surface area contributed by atoms with E-state index in [0.29, 0.717) is 11.2 Å². The molecule has 1 aliphatic heterocycles. The van der Waals surface area contributed by atoms with Crippen molar-refractivity contribution in [3.63, 3.8) is 0 Å². The molecule has 1 aliphatic rings. The van der Waals surface area contributed by atoms with E-state index in [1.807, 2.05) is 37.7 Å². The van der Waals surface area contributed by atoms with Gasteiger partial charge >= 0.3 is 6.03 Å². The van der Waals surface area contributed by atoms with Gasteiger partial charge in [-0.3, -0.25) is 10.3 Å². The number of likely N-dealkylation sites (N-methyl/N-ethyl adjacent to an activating group) is 1. The highest BCUT2D eigenvalue weighted by atomic mass is 32.1. The predicted octanol–water partition coefficient (Wildman–Crippen LogP) is 1.98. The van der Waals surface area contributed by atoms with Crippen LogP contribution >= 0.6 is 11.3 Å². The Hall–Kier alpha value is -1.99. The van der Waals surface area contributed by atoms with Gasteiger partial charge in [0.25, 0.3) is 0 Å². The number of aromatic nitrogens is 2. The molecule has 1 fully saturated rings. The molecule has 21 heavy (non-hydrogen) atoms. The van der Waals surface area contributed by atoms with Crippen molar-refractivity contribution in [1.82, 2.24) is 19.8 Å². The Morgan fingerprint density at radius 2 is 2.19 bits per heavy atom. The van der Waals surface area contributed by atoms with E-state index in [-0.39, 0.29) is 6.03 Å². The molecule has 0 atom stereocenters. The van der Waals surface area contributed by atoms with Crippen LogP contribution in [0.15, 0.2) is 29.8 Å². The number of nitrogens with one attached hydrogen (secondary N) is 1. The Labute approximate surface area is 127 Å². The number of hydrogen-bond acceptors (Lipinski definition) is 5. The number of likely N-dealkylation sites (tertiary alicyclic amines) is 1. The Balaban J connectivity index is 1.59. The molecular weight excluding hydrogens is 286 g/mol. The molecule has 1 N–H and O–H groups in total. The van der Waals surface area contributed by atoms with Crippen molar-refractivity contribution in [2.24, 2.45) is 0 Å². The van der Waals surface area contributed by atoms with Crippen LogP contribution in [0.25, 0.3) is 11.4 Å². The summed E-state index contributed by atoms with van der Waals surface area (Å²) in [6, 6.07) is 6.05. The van der Waals surface area contributed by atoms with E-state index in [9.17, 15) is 4.79 Å². The van der Waals surface area contributed by atoms with Crippen molar-refractivity contribution in [3.05, 3.63) is 29.8 Å². The van der Waals surface area contributed by atoms with Crippen molar-refractivity contribution in [2.45, 2.75) is 6.04 Å². The number of amides is 2. The SMILES string of the molecule is CN(C)C1CN(C(=O)Nc2nc(-c3ccccn3)cs2)C1. The third-order valence-electron chi connectivity index (χ3n) is 3.53. The summed E-state index contributed by atoms with van der Waals surface area (Å²) in [5.74, 6) is 0. The molecule has 2 aromatic heterocycles. The van der Waals surface area contributed by atoms with E-state index < -0.39 is 0 Å². The summed E-state index contributed by atoms with van der Waals surface area (Å²) in [4.78, 5) is 24.6. The first kappa shape index (κ1) is 14.0. The van der Waals surface area contributed by atoms with Crippen LogP contribution in [0.1, 0.15) is 0 Å². The van der Waals surface area contributed by atoms with Gasteiger partial charge in [0, 0.05) is 30.7 Å². The van der Waals surface area contributed by atoms with Gasteiger partial charge in [-0.1, -0.05) is 6.07 Å². The lowest BCUT2D eigenvalue weighted by molar-refractivity contribution is 0.0942. The molecule has 0 aliphatic carbocycles. The first-order valence-corrected chi connectivity index (χ1v) is 7.61. The summed E-state index contributed by atoms with van der Waals surface area (Å²) in [6.45, 7) is 1.52. The molecule has 3 rings (SSSR count). The smallest absolute Gasteiger partial charge is 0.321 e. The van der Waals surface area contributed by atoms with Crippen LogP contribution in [0.5, 0.6) is 0 Å². The highest BCUT2D eigenvalue weighted by Crippen LogP contribution is 2.24. The van der Waals surface area contributed by atoms with Gasteiger partial charge in [-0.05, 0) is 26.2 Å². The minimum atomic E-state index is -0.0879. The summed E-state index contributed by atoms with van der Waals surface area (Å²) in [6.07, 6.45) is 1.73. The molecule has 0 unspecified atom stereocenters. The third kappa shape index (κ3) is 3.03. The van der Waals surface area contributed by atoms with Crippen LogP contribution in [-0.2, 0) is 0 Å². The summed E-state index contributed by atoms with van der Waals surface area (Å²) < 4.78 is 0. The van der Waals surface area contributed by atoms with Crippen LogP contribution < -0.4 is 5.32 Å². The van der Waals surface area contributed by atoms with Gasteiger partial charge in [-0.2, -0.15) is 0 Å². The van der Waals surface area contributed by atoms with Gasteiger partial charge in [0.05, 0.1) is 5.69 Å². The van der Waals surface area contributed by atoms with Crippen molar-refractivity contribution in [3.8, 4) is 11.4 Å². The zero-order valence-corrected chi connectivity index (χ0v) is 12.8. The number of carbonyl (C=O) groups is 1. The normalized spacial score (nSPS) is 15.1. The fourth-order valence-electron chi connectivity index (χ4n) is 2.08. The topological polar surface area (TPSA) is 61.4 Å². The minimum absolute atomic E-state index is 0.0879. The standard InChI is InChI=1S/C14H17N5OS/c1-18(2)10-7-19(8-10)14(20)17-13-16-12(9-21-13)11-5-3-4-6-15-11/h3-6,9-10H,7-8H2,1-2H3,(H,16,17,20). The molecule has 0 aromatic carbocycles. The molecule has 0 bridgehead atoms. The van der Waals surface area contributed by atoms with E-state index in [4.69, 9.17) is 0 Å². The fraction of sp³-hybridized carbons (Fsp3) is 0.357. The Bertz CT molecular complexity index is 621. The van der Waals surface area contributed by atoms with Gasteiger partial charge in [0.2, 0.25) is 0 Å². The molecule has 2 amide bonds. The second-order valence-corrected chi connectivity index (χ2v) is 6.06. The summed E-state index contributed by atoms with van der Waals surface area (Å²) in [5, 5.41) is 5.35. The zero-order valence-electron chi connectivity index (χ0n) is 12.0. The van der Waals surface area contributed by atoms with Crippen LogP contribution in [0, 0.1) is 0 Å². The molecular formula is C14H17N5OS. The van der Waals surface area contributed by atoms with Crippen molar-refractivity contribution in [1.29, 1.82) is 0 Å². The van der Waals surface area contributed by atoms with E-state index in [0.717, 1.165) is 24.5 Å². The lowest BCUT2D eigenvalue weighted by Gasteiger charge is -2.42. The zero-order chi connectivity index (χ0) is 14.8. The van der Waals surface area contributed by atoms with Crippen LogP contribution in [0.2, 0.25) is 0 Å². The summed E-state index contributed by atoms with van der Waals surface area (Å²) >= 11 is 1.41. The van der Waals surface area contributed by atoms with Crippen LogP contribution in [0.4, 0.5) is 9.93 Å². The Morgan fingerprint density at radius 1 is 1.38 bits per heavy atom. The van der Waals surface area contributed by atoms with E-state index in [1.165, 1.54) is 11.3 Å². The van der Waals surface area contributed by atoms with E-state index in [1.54, 1.807) is 11.1 Å². The second-order valence-electron chi connectivity index (χ2n) is 5.21. The molecule has 0 spiro atoms. The molecule has 6 nitrogen and oxygen atoms in total. The van der Waals surface area contributed by atoms with Gasteiger partial charge < -0.3 is 9.80 Å². The number of rotatable bonds is 3. The van der Waals surface area contributed by atoms with Crippen molar-refractivity contribution >= 4 is 22.5 Å². The predicted molar refractivity (Wildman–Crippen MR) is 83.4 cm³/mol. The van der Waals surface area contributed by atoms with Gasteiger partial charge in [-0.25, -0.2) is 9.78 Å². The number of urea groups is 1. The molecule has 2 aromatic rings.